The maximum absolute atomic E-state index is 13.2. The van der Waals surface area contributed by atoms with Crippen LogP contribution in [0.3, 0.4) is 0 Å². The lowest BCUT2D eigenvalue weighted by atomic mass is 9.94. The van der Waals surface area contributed by atoms with Crippen LogP contribution in [0.2, 0.25) is 0 Å². The molecule has 9 nitrogen and oxygen atoms in total. The van der Waals surface area contributed by atoms with E-state index in [-0.39, 0.29) is 31.4 Å². The summed E-state index contributed by atoms with van der Waals surface area (Å²) in [6.07, 6.45) is 4.01. The monoisotopic (exact) mass is 590 g/mol. The summed E-state index contributed by atoms with van der Waals surface area (Å²) in [4.78, 5) is 50.0. The number of fused-ring (bicyclic) bond motifs is 4. The second-order valence-electron chi connectivity index (χ2n) is 10.6. The molecule has 0 radical (unpaired) electrons. The lowest BCUT2D eigenvalue weighted by Crippen LogP contribution is -2.49. The Morgan fingerprint density at radius 3 is 2.57 bits per heavy atom. The first-order chi connectivity index (χ1) is 20.3. The number of thioether (sulfide) groups is 1. The number of aryl methyl sites for hydroxylation is 3. The Kier molecular flexibility index (Phi) is 9.31. The van der Waals surface area contributed by atoms with Crippen LogP contribution in [0.5, 0.6) is 0 Å². The minimum absolute atomic E-state index is 0.0645. The molecular weight excluding hydrogens is 556 g/mol. The number of carbonyl (C=O) groups excluding carboxylic acids is 2. The van der Waals surface area contributed by atoms with E-state index in [2.05, 4.69) is 10.6 Å². The van der Waals surface area contributed by atoms with Crippen LogP contribution < -0.4 is 16.3 Å². The van der Waals surface area contributed by atoms with Crippen molar-refractivity contribution in [2.24, 2.45) is 0 Å². The average Bonchev–Trinajstić information content (AvgIpc) is 3.34. The van der Waals surface area contributed by atoms with Gasteiger partial charge in [-0.2, -0.15) is 11.8 Å². The number of rotatable bonds is 12. The number of carboxylic acids is 1. The van der Waals surface area contributed by atoms with Crippen LogP contribution in [0.25, 0.3) is 21.9 Å². The van der Waals surface area contributed by atoms with E-state index in [1.54, 1.807) is 6.07 Å². The van der Waals surface area contributed by atoms with Gasteiger partial charge in [0.15, 0.2) is 0 Å². The second-order valence-corrected chi connectivity index (χ2v) is 11.7. The molecule has 0 saturated heterocycles. The largest absolute Gasteiger partial charge is 0.481 e. The van der Waals surface area contributed by atoms with Gasteiger partial charge in [-0.25, -0.2) is 4.79 Å². The molecule has 3 N–H and O–H groups in total. The molecule has 0 bridgehead atoms. The van der Waals surface area contributed by atoms with Crippen LogP contribution in [0.15, 0.2) is 56.1 Å². The minimum Gasteiger partial charge on any atom is -0.481 e. The maximum atomic E-state index is 13.2. The summed E-state index contributed by atoms with van der Waals surface area (Å²) in [5.74, 6) is 0.134. The number of furan rings is 1. The average molecular weight is 591 g/mol. The summed E-state index contributed by atoms with van der Waals surface area (Å²) in [5.41, 5.74) is 3.72. The van der Waals surface area contributed by atoms with Gasteiger partial charge in [-0.1, -0.05) is 30.3 Å². The molecule has 0 aliphatic heterocycles. The number of hydrogen-bond donors (Lipinski definition) is 3. The van der Waals surface area contributed by atoms with Crippen molar-refractivity contribution in [3.63, 3.8) is 0 Å². The van der Waals surface area contributed by atoms with E-state index in [1.807, 2.05) is 43.3 Å². The van der Waals surface area contributed by atoms with Gasteiger partial charge in [0.2, 0.25) is 11.8 Å². The van der Waals surface area contributed by atoms with Gasteiger partial charge in [0.05, 0.1) is 12.0 Å². The standard InChI is InChI=1S/C32H34N2O7S/c1-19-22-14-24-21-10-5-6-11-26(21)40-28(24)16-27(22)41-32(39)23(19)15-29(35)34-25(31(38)33-13-7-12-30(36)37)18-42-17-20-8-3-2-4-9-20/h2-4,8-9,14,16,25H,5-7,10-13,15,17-18H2,1H3,(H,33,38)(H,34,35)(H,36,37). The Hall–Kier alpha value is -4.05. The third-order valence-electron chi connectivity index (χ3n) is 7.61. The molecule has 2 aromatic heterocycles. The molecule has 220 valence electrons. The van der Waals surface area contributed by atoms with Crippen LogP contribution in [-0.2, 0) is 39.4 Å². The van der Waals surface area contributed by atoms with E-state index in [9.17, 15) is 19.2 Å². The molecule has 1 unspecified atom stereocenters. The molecule has 2 amide bonds. The highest BCUT2D eigenvalue weighted by molar-refractivity contribution is 7.98. The van der Waals surface area contributed by atoms with Crippen molar-refractivity contribution < 1.29 is 28.3 Å². The van der Waals surface area contributed by atoms with Gasteiger partial charge in [0.25, 0.3) is 0 Å². The minimum atomic E-state index is -0.939. The van der Waals surface area contributed by atoms with Crippen molar-refractivity contribution in [1.82, 2.24) is 10.6 Å². The Labute approximate surface area is 247 Å². The number of nitrogens with one attached hydrogen (secondary N) is 2. The normalized spacial score (nSPS) is 13.5. The van der Waals surface area contributed by atoms with Gasteiger partial charge in [0.1, 0.15) is 23.0 Å². The van der Waals surface area contributed by atoms with Crippen molar-refractivity contribution in [2.45, 2.75) is 63.7 Å². The van der Waals surface area contributed by atoms with Crippen LogP contribution in [-0.4, -0.2) is 41.2 Å². The number of amides is 2. The molecule has 10 heteroatoms. The summed E-state index contributed by atoms with van der Waals surface area (Å²) < 4.78 is 11.7. The van der Waals surface area contributed by atoms with Crippen LogP contribution in [0.4, 0.5) is 0 Å². The molecular formula is C32H34N2O7S. The van der Waals surface area contributed by atoms with Crippen molar-refractivity contribution in [3.05, 3.63) is 80.9 Å². The van der Waals surface area contributed by atoms with Gasteiger partial charge in [-0.05, 0) is 49.8 Å². The molecule has 2 aromatic carbocycles. The fourth-order valence-electron chi connectivity index (χ4n) is 5.38. The maximum Gasteiger partial charge on any atom is 0.340 e. The number of carboxylic acid groups (broad SMARTS) is 1. The van der Waals surface area contributed by atoms with Gasteiger partial charge in [0, 0.05) is 53.3 Å². The lowest BCUT2D eigenvalue weighted by Gasteiger charge is -2.19. The zero-order valence-electron chi connectivity index (χ0n) is 23.5. The van der Waals surface area contributed by atoms with Crippen LogP contribution in [0.1, 0.15) is 53.7 Å². The Balaban J connectivity index is 1.32. The van der Waals surface area contributed by atoms with E-state index >= 15 is 0 Å². The topological polar surface area (TPSA) is 139 Å². The molecule has 1 atom stereocenters. The predicted molar refractivity (Wildman–Crippen MR) is 162 cm³/mol. The fraction of sp³-hybridized carbons (Fsp3) is 0.375. The molecule has 0 saturated carbocycles. The summed E-state index contributed by atoms with van der Waals surface area (Å²) in [7, 11) is 0. The number of benzene rings is 2. The molecule has 1 aliphatic rings. The second kappa shape index (κ2) is 13.3. The molecule has 42 heavy (non-hydrogen) atoms. The van der Waals surface area contributed by atoms with Crippen molar-refractivity contribution in [1.29, 1.82) is 0 Å². The first-order valence-electron chi connectivity index (χ1n) is 14.2. The van der Waals surface area contributed by atoms with E-state index in [1.165, 1.54) is 17.3 Å². The van der Waals surface area contributed by atoms with E-state index in [0.29, 0.717) is 28.2 Å². The molecule has 2 heterocycles. The fourth-order valence-corrected chi connectivity index (χ4v) is 6.40. The highest BCUT2D eigenvalue weighted by Crippen LogP contribution is 2.35. The molecule has 0 fully saturated rings. The Morgan fingerprint density at radius 1 is 1.02 bits per heavy atom. The summed E-state index contributed by atoms with van der Waals surface area (Å²) in [6.45, 7) is 1.99. The van der Waals surface area contributed by atoms with Gasteiger partial charge < -0.3 is 24.6 Å². The number of carbonyl (C=O) groups is 3. The van der Waals surface area contributed by atoms with E-state index in [4.69, 9.17) is 13.9 Å². The molecule has 1 aliphatic carbocycles. The number of hydrogen-bond acceptors (Lipinski definition) is 7. The summed E-state index contributed by atoms with van der Waals surface area (Å²) in [5, 5.41) is 16.1. The van der Waals surface area contributed by atoms with Gasteiger partial charge in [-0.15, -0.1) is 0 Å². The zero-order valence-corrected chi connectivity index (χ0v) is 24.3. The molecule has 4 aromatic rings. The number of aliphatic carboxylic acids is 1. The molecule has 0 spiro atoms. The third kappa shape index (κ3) is 6.87. The Morgan fingerprint density at radius 2 is 1.79 bits per heavy atom. The Bertz CT molecular complexity index is 1680. The predicted octanol–water partition coefficient (Wildman–Crippen LogP) is 4.67. The highest BCUT2D eigenvalue weighted by atomic mass is 32.2. The summed E-state index contributed by atoms with van der Waals surface area (Å²) in [6, 6.07) is 12.7. The van der Waals surface area contributed by atoms with Crippen molar-refractivity contribution in [2.75, 3.05) is 12.3 Å². The van der Waals surface area contributed by atoms with Crippen molar-refractivity contribution >= 4 is 51.5 Å². The quantitative estimate of drug-likeness (QED) is 0.160. The zero-order chi connectivity index (χ0) is 29.6. The first-order valence-corrected chi connectivity index (χ1v) is 15.4. The highest BCUT2D eigenvalue weighted by Gasteiger charge is 2.24. The lowest BCUT2D eigenvalue weighted by molar-refractivity contribution is -0.137. The van der Waals surface area contributed by atoms with E-state index in [0.717, 1.165) is 47.8 Å². The van der Waals surface area contributed by atoms with Crippen molar-refractivity contribution in [3.8, 4) is 0 Å². The molecule has 5 rings (SSSR count). The van der Waals surface area contributed by atoms with Gasteiger partial charge >= 0.3 is 11.6 Å². The first kappa shape index (κ1) is 29.4. The summed E-state index contributed by atoms with van der Waals surface area (Å²) >= 11 is 1.50. The van der Waals surface area contributed by atoms with Crippen LogP contribution in [0, 0.1) is 6.92 Å². The van der Waals surface area contributed by atoms with Gasteiger partial charge in [-0.3, -0.25) is 14.4 Å². The van der Waals surface area contributed by atoms with Crippen LogP contribution >= 0.6 is 11.8 Å². The third-order valence-corrected chi connectivity index (χ3v) is 8.72. The van der Waals surface area contributed by atoms with E-state index < -0.39 is 29.5 Å². The smallest absolute Gasteiger partial charge is 0.340 e. The SMILES string of the molecule is Cc1c(CC(=O)NC(CSCc2ccccc2)C(=O)NCCCC(=O)O)c(=O)oc2cc3oc4c(c3cc12)CCCC4.